The first-order valence-electron chi connectivity index (χ1n) is 6.21. The predicted octanol–water partition coefficient (Wildman–Crippen LogP) is 2.99. The SMILES string of the molecule is CC(C)c1cc(=O)[nH]c(N/N=C\c2ccccc2Cl)n1. The van der Waals surface area contributed by atoms with E-state index in [0.29, 0.717) is 16.7 Å². The highest BCUT2D eigenvalue weighted by Gasteiger charge is 2.04. The summed E-state index contributed by atoms with van der Waals surface area (Å²) in [5.74, 6) is 0.481. The maximum atomic E-state index is 11.5. The van der Waals surface area contributed by atoms with Crippen LogP contribution >= 0.6 is 11.6 Å². The molecule has 1 heterocycles. The zero-order valence-corrected chi connectivity index (χ0v) is 12.0. The molecule has 2 rings (SSSR count). The molecule has 20 heavy (non-hydrogen) atoms. The Kier molecular flexibility index (Phi) is 4.53. The van der Waals surface area contributed by atoms with Crippen LogP contribution in [0.15, 0.2) is 40.2 Å². The molecule has 2 N–H and O–H groups in total. The molecule has 5 nitrogen and oxygen atoms in total. The van der Waals surface area contributed by atoms with E-state index in [4.69, 9.17) is 11.6 Å². The number of aromatic nitrogens is 2. The van der Waals surface area contributed by atoms with Crippen molar-refractivity contribution >= 4 is 23.8 Å². The lowest BCUT2D eigenvalue weighted by Gasteiger charge is -2.05. The Labute approximate surface area is 121 Å². The number of anilines is 1. The Morgan fingerprint density at radius 3 is 2.85 bits per heavy atom. The van der Waals surface area contributed by atoms with Gasteiger partial charge in [-0.3, -0.25) is 9.78 Å². The lowest BCUT2D eigenvalue weighted by molar-refractivity contribution is 0.810. The maximum Gasteiger partial charge on any atom is 0.252 e. The van der Waals surface area contributed by atoms with E-state index in [1.807, 2.05) is 32.0 Å². The first-order chi connectivity index (χ1) is 9.56. The van der Waals surface area contributed by atoms with E-state index >= 15 is 0 Å². The van der Waals surface area contributed by atoms with Crippen LogP contribution in [0.5, 0.6) is 0 Å². The van der Waals surface area contributed by atoms with Crippen LogP contribution < -0.4 is 11.0 Å². The van der Waals surface area contributed by atoms with Crippen molar-refractivity contribution < 1.29 is 0 Å². The fraction of sp³-hybridized carbons (Fsp3) is 0.214. The van der Waals surface area contributed by atoms with Gasteiger partial charge >= 0.3 is 0 Å². The van der Waals surface area contributed by atoms with Crippen molar-refractivity contribution in [2.45, 2.75) is 19.8 Å². The number of aromatic amines is 1. The van der Waals surface area contributed by atoms with E-state index in [-0.39, 0.29) is 11.5 Å². The van der Waals surface area contributed by atoms with E-state index in [1.54, 1.807) is 12.3 Å². The number of benzene rings is 1. The summed E-state index contributed by atoms with van der Waals surface area (Å²) in [5.41, 5.74) is 3.99. The summed E-state index contributed by atoms with van der Waals surface area (Å²) < 4.78 is 0. The van der Waals surface area contributed by atoms with E-state index in [0.717, 1.165) is 5.56 Å². The summed E-state index contributed by atoms with van der Waals surface area (Å²) in [5, 5.41) is 4.63. The molecule has 0 atom stereocenters. The molecule has 0 spiro atoms. The molecule has 0 aliphatic carbocycles. The van der Waals surface area contributed by atoms with Gasteiger partial charge in [-0.1, -0.05) is 43.6 Å². The van der Waals surface area contributed by atoms with Gasteiger partial charge in [-0.15, -0.1) is 0 Å². The zero-order chi connectivity index (χ0) is 14.5. The van der Waals surface area contributed by atoms with Crippen LogP contribution in [0.3, 0.4) is 0 Å². The molecule has 0 saturated heterocycles. The standard InChI is InChI=1S/C14H15ClN4O/c1-9(2)12-7-13(20)18-14(17-12)19-16-8-10-5-3-4-6-11(10)15/h3-9H,1-2H3,(H2,17,18,19,20)/b16-8-. The molecule has 1 aromatic heterocycles. The van der Waals surface area contributed by atoms with Gasteiger partial charge in [0.05, 0.1) is 11.9 Å². The molecule has 0 radical (unpaired) electrons. The third kappa shape index (κ3) is 3.68. The smallest absolute Gasteiger partial charge is 0.252 e. The monoisotopic (exact) mass is 290 g/mol. The first kappa shape index (κ1) is 14.3. The van der Waals surface area contributed by atoms with Crippen LogP contribution in [-0.4, -0.2) is 16.2 Å². The Balaban J connectivity index is 2.15. The van der Waals surface area contributed by atoms with Crippen LogP contribution in [0, 0.1) is 0 Å². The molecule has 0 aliphatic rings. The molecular formula is C14H15ClN4O. The summed E-state index contributed by atoms with van der Waals surface area (Å²) in [6.45, 7) is 3.94. The molecule has 0 unspecified atom stereocenters. The summed E-state index contributed by atoms with van der Waals surface area (Å²) >= 11 is 6.01. The zero-order valence-electron chi connectivity index (χ0n) is 11.2. The number of halogens is 1. The molecule has 2 aromatic rings. The number of hydrazone groups is 1. The third-order valence-corrected chi connectivity index (χ3v) is 2.98. The van der Waals surface area contributed by atoms with Gasteiger partial charge in [0, 0.05) is 16.7 Å². The van der Waals surface area contributed by atoms with Gasteiger partial charge in [-0.25, -0.2) is 10.4 Å². The average Bonchev–Trinajstić information content (AvgIpc) is 2.40. The quantitative estimate of drug-likeness (QED) is 0.672. The fourth-order valence-electron chi connectivity index (χ4n) is 1.57. The highest BCUT2D eigenvalue weighted by molar-refractivity contribution is 6.33. The maximum absolute atomic E-state index is 11.5. The van der Waals surface area contributed by atoms with Crippen LogP contribution in [-0.2, 0) is 0 Å². The normalized spacial score (nSPS) is 11.2. The summed E-state index contributed by atoms with van der Waals surface area (Å²) in [4.78, 5) is 18.3. The van der Waals surface area contributed by atoms with Crippen molar-refractivity contribution in [1.29, 1.82) is 0 Å². The van der Waals surface area contributed by atoms with Crippen molar-refractivity contribution in [1.82, 2.24) is 9.97 Å². The van der Waals surface area contributed by atoms with Gasteiger partial charge in [0.15, 0.2) is 0 Å². The molecule has 6 heteroatoms. The van der Waals surface area contributed by atoms with Crippen LogP contribution in [0.25, 0.3) is 0 Å². The minimum absolute atomic E-state index is 0.172. The van der Waals surface area contributed by atoms with Crippen molar-refractivity contribution in [3.05, 3.63) is 57.0 Å². The van der Waals surface area contributed by atoms with Gasteiger partial charge in [0.2, 0.25) is 5.95 Å². The number of H-pyrrole nitrogens is 1. The van der Waals surface area contributed by atoms with Crippen molar-refractivity contribution in [3.63, 3.8) is 0 Å². The molecule has 1 aromatic carbocycles. The Morgan fingerprint density at radius 2 is 2.15 bits per heavy atom. The molecule has 0 fully saturated rings. The van der Waals surface area contributed by atoms with Gasteiger partial charge < -0.3 is 0 Å². The minimum atomic E-state index is -0.209. The van der Waals surface area contributed by atoms with Crippen LogP contribution in [0.4, 0.5) is 5.95 Å². The molecule has 104 valence electrons. The second-order valence-electron chi connectivity index (χ2n) is 4.57. The van der Waals surface area contributed by atoms with Crippen molar-refractivity contribution in [3.8, 4) is 0 Å². The van der Waals surface area contributed by atoms with Crippen LogP contribution in [0.1, 0.15) is 31.0 Å². The molecule has 0 amide bonds. The largest absolute Gasteiger partial charge is 0.291 e. The lowest BCUT2D eigenvalue weighted by Crippen LogP contribution is -2.12. The number of nitrogens with zero attached hydrogens (tertiary/aromatic N) is 2. The van der Waals surface area contributed by atoms with E-state index in [1.165, 1.54) is 6.07 Å². The average molecular weight is 291 g/mol. The van der Waals surface area contributed by atoms with E-state index < -0.39 is 0 Å². The van der Waals surface area contributed by atoms with Gasteiger partial charge in [0.1, 0.15) is 0 Å². The minimum Gasteiger partial charge on any atom is -0.291 e. The highest BCUT2D eigenvalue weighted by atomic mass is 35.5. The second-order valence-corrected chi connectivity index (χ2v) is 4.97. The predicted molar refractivity (Wildman–Crippen MR) is 81.6 cm³/mol. The summed E-state index contributed by atoms with van der Waals surface area (Å²) in [7, 11) is 0. The number of nitrogens with one attached hydrogen (secondary N) is 2. The van der Waals surface area contributed by atoms with E-state index in [2.05, 4.69) is 20.5 Å². The van der Waals surface area contributed by atoms with Crippen molar-refractivity contribution in [2.24, 2.45) is 5.10 Å². The lowest BCUT2D eigenvalue weighted by atomic mass is 10.1. The Hall–Kier alpha value is -2.14. The molecule has 0 bridgehead atoms. The summed E-state index contributed by atoms with van der Waals surface area (Å²) in [6, 6.07) is 8.81. The van der Waals surface area contributed by atoms with Gasteiger partial charge in [-0.05, 0) is 12.0 Å². The number of rotatable bonds is 4. The molecule has 0 saturated carbocycles. The fourth-order valence-corrected chi connectivity index (χ4v) is 1.75. The third-order valence-electron chi connectivity index (χ3n) is 2.63. The second kappa shape index (κ2) is 6.34. The number of hydrogen-bond donors (Lipinski definition) is 2. The van der Waals surface area contributed by atoms with Gasteiger partial charge in [-0.2, -0.15) is 5.10 Å². The highest BCUT2D eigenvalue weighted by Crippen LogP contribution is 2.13. The van der Waals surface area contributed by atoms with Crippen LogP contribution in [0.2, 0.25) is 5.02 Å². The van der Waals surface area contributed by atoms with Crippen molar-refractivity contribution in [2.75, 3.05) is 5.43 Å². The Bertz CT molecular complexity index is 679. The van der Waals surface area contributed by atoms with E-state index in [9.17, 15) is 4.79 Å². The molecular weight excluding hydrogens is 276 g/mol. The molecule has 0 aliphatic heterocycles. The topological polar surface area (TPSA) is 70.1 Å². The first-order valence-corrected chi connectivity index (χ1v) is 6.59. The van der Waals surface area contributed by atoms with Gasteiger partial charge in [0.25, 0.3) is 5.56 Å². The summed E-state index contributed by atoms with van der Waals surface area (Å²) in [6.07, 6.45) is 1.57. The Morgan fingerprint density at radius 1 is 1.40 bits per heavy atom. The number of hydrogen-bond acceptors (Lipinski definition) is 4.